The van der Waals surface area contributed by atoms with E-state index in [4.69, 9.17) is 10.5 Å². The molecule has 0 spiro atoms. The maximum absolute atomic E-state index is 14.4. The smallest absolute Gasteiger partial charge is 0.433 e. The lowest BCUT2D eigenvalue weighted by atomic mass is 10.3. The Balaban J connectivity index is 1.66. The highest BCUT2D eigenvalue weighted by Crippen LogP contribution is 2.28. The van der Waals surface area contributed by atoms with E-state index in [1.807, 2.05) is 5.32 Å². The first kappa shape index (κ1) is 23.8. The number of amides is 3. The van der Waals surface area contributed by atoms with Gasteiger partial charge in [0.05, 0.1) is 5.69 Å². The number of carbonyl (C=O) groups excluding carboxylic acids is 3. The van der Waals surface area contributed by atoms with Crippen LogP contribution in [-0.2, 0) is 10.9 Å². The largest absolute Gasteiger partial charge is 0.457 e. The monoisotopic (exact) mass is 480 g/mol. The Labute approximate surface area is 186 Å². The lowest BCUT2D eigenvalue weighted by Crippen LogP contribution is -2.21. The van der Waals surface area contributed by atoms with E-state index >= 15 is 0 Å². The Morgan fingerprint density at radius 3 is 2.35 bits per heavy atom. The van der Waals surface area contributed by atoms with Crippen molar-refractivity contribution in [1.29, 1.82) is 0 Å². The topological polar surface area (TPSA) is 158 Å². The number of halogens is 4. The number of aromatic nitrogens is 3. The van der Waals surface area contributed by atoms with Crippen LogP contribution in [0, 0.1) is 5.82 Å². The summed E-state index contributed by atoms with van der Waals surface area (Å²) in [7, 11) is 0. The molecular weight excluding hydrogens is 468 g/mol. The molecule has 3 amide bonds. The predicted octanol–water partition coefficient (Wildman–Crippen LogP) is 3.70. The number of hydrogen-bond acceptors (Lipinski definition) is 8. The molecule has 15 heteroatoms. The number of alkyl halides is 3. The van der Waals surface area contributed by atoms with Gasteiger partial charge in [-0.1, -0.05) is 0 Å². The Hall–Kier alpha value is -4.82. The van der Waals surface area contributed by atoms with E-state index in [-0.39, 0.29) is 22.9 Å². The van der Waals surface area contributed by atoms with Gasteiger partial charge in [0.2, 0.25) is 0 Å². The molecule has 0 aliphatic rings. The highest BCUT2D eigenvalue weighted by Gasteiger charge is 2.33. The highest BCUT2D eigenvalue weighted by molar-refractivity contribution is 5.99. The molecule has 1 aromatic carbocycles. The van der Waals surface area contributed by atoms with E-state index in [9.17, 15) is 31.9 Å². The molecule has 0 saturated heterocycles. The van der Waals surface area contributed by atoms with E-state index in [0.29, 0.717) is 12.4 Å². The average Bonchev–Trinajstić information content (AvgIpc) is 2.75. The van der Waals surface area contributed by atoms with Crippen LogP contribution in [0.25, 0.3) is 0 Å². The number of ether oxygens (including phenoxy) is 2. The van der Waals surface area contributed by atoms with E-state index in [1.54, 1.807) is 0 Å². The molecule has 2 aromatic heterocycles. The molecule has 0 saturated carbocycles. The highest BCUT2D eigenvalue weighted by atomic mass is 19.4. The molecular formula is C19H12F4N6O5. The summed E-state index contributed by atoms with van der Waals surface area (Å²) in [5.41, 5.74) is 2.86. The number of hydrogen-bond donors (Lipinski definition) is 3. The van der Waals surface area contributed by atoms with Crippen molar-refractivity contribution >= 4 is 29.6 Å². The van der Waals surface area contributed by atoms with E-state index in [0.717, 1.165) is 18.2 Å². The average molecular weight is 480 g/mol. The van der Waals surface area contributed by atoms with Gasteiger partial charge in [-0.25, -0.2) is 33.7 Å². The van der Waals surface area contributed by atoms with E-state index < -0.39 is 41.6 Å². The molecule has 2 heterocycles. The first-order chi connectivity index (χ1) is 16.0. The lowest BCUT2D eigenvalue weighted by molar-refractivity contribution is -0.141. The number of pyridine rings is 1. The summed E-state index contributed by atoms with van der Waals surface area (Å²) in [6.45, 7) is 0. The molecule has 0 aliphatic carbocycles. The minimum absolute atomic E-state index is 0.0357. The minimum Gasteiger partial charge on any atom is -0.457 e. The molecule has 4 N–H and O–H groups in total. The van der Waals surface area contributed by atoms with Crippen molar-refractivity contribution in [3.8, 4) is 11.5 Å². The Kier molecular flexibility index (Phi) is 6.84. The second-order valence-corrected chi connectivity index (χ2v) is 6.19. The lowest BCUT2D eigenvalue weighted by Gasteiger charge is -2.11. The standard InChI is InChI=1S/C19H12F4N6O5/c20-11-5-9(33-10-3-4-25-13(6-10)16(30)34-17(24)31)1-2-12(11)28-18(32)29-15-7-14(19(21,22)23)26-8-27-15/h1-8H,(H2,24,31)(H2,26,27,28,29,32). The molecule has 176 valence electrons. The van der Waals surface area contributed by atoms with Crippen molar-refractivity contribution in [2.75, 3.05) is 10.6 Å². The fourth-order valence-electron chi connectivity index (χ4n) is 2.38. The number of nitrogens with two attached hydrogens (primary N) is 1. The van der Waals surface area contributed by atoms with Crippen molar-refractivity contribution in [2.24, 2.45) is 5.73 Å². The fourth-order valence-corrected chi connectivity index (χ4v) is 2.38. The van der Waals surface area contributed by atoms with E-state index in [2.05, 4.69) is 25.0 Å². The Bertz CT molecular complexity index is 1250. The van der Waals surface area contributed by atoms with Crippen LogP contribution < -0.4 is 21.1 Å². The van der Waals surface area contributed by atoms with Gasteiger partial charge in [0.25, 0.3) is 0 Å². The van der Waals surface area contributed by atoms with Crippen LogP contribution in [0.2, 0.25) is 0 Å². The normalized spacial score (nSPS) is 10.8. The summed E-state index contributed by atoms with van der Waals surface area (Å²) in [5.74, 6) is -2.54. The number of anilines is 2. The van der Waals surface area contributed by atoms with Crippen LogP contribution in [0.5, 0.6) is 11.5 Å². The molecule has 3 rings (SSSR count). The van der Waals surface area contributed by atoms with Gasteiger partial charge in [-0.15, -0.1) is 0 Å². The first-order valence-corrected chi connectivity index (χ1v) is 8.93. The van der Waals surface area contributed by atoms with Gasteiger partial charge in [-0.05, 0) is 18.2 Å². The van der Waals surface area contributed by atoms with Crippen LogP contribution >= 0.6 is 0 Å². The summed E-state index contributed by atoms with van der Waals surface area (Å²) in [5, 5.41) is 4.15. The Morgan fingerprint density at radius 1 is 0.941 bits per heavy atom. The molecule has 0 aliphatic heterocycles. The molecule has 3 aromatic rings. The van der Waals surface area contributed by atoms with Gasteiger partial charge < -0.3 is 20.5 Å². The predicted molar refractivity (Wildman–Crippen MR) is 105 cm³/mol. The number of urea groups is 1. The van der Waals surface area contributed by atoms with Crippen LogP contribution in [0.3, 0.4) is 0 Å². The SMILES string of the molecule is NC(=O)OC(=O)c1cc(Oc2ccc(NC(=O)Nc3cc(C(F)(F)F)ncn3)c(F)c2)ccn1. The first-order valence-electron chi connectivity index (χ1n) is 8.93. The fraction of sp³-hybridized carbons (Fsp3) is 0.0526. The zero-order valence-corrected chi connectivity index (χ0v) is 16.6. The van der Waals surface area contributed by atoms with Gasteiger partial charge in [0.15, 0.2) is 5.69 Å². The molecule has 0 radical (unpaired) electrons. The third-order valence-electron chi connectivity index (χ3n) is 3.76. The number of carbonyl (C=O) groups is 3. The number of esters is 1. The van der Waals surface area contributed by atoms with E-state index in [1.165, 1.54) is 18.3 Å². The zero-order valence-electron chi connectivity index (χ0n) is 16.6. The maximum atomic E-state index is 14.4. The summed E-state index contributed by atoms with van der Waals surface area (Å²) >= 11 is 0. The molecule has 0 unspecified atom stereocenters. The van der Waals surface area contributed by atoms with Crippen molar-refractivity contribution in [3.63, 3.8) is 0 Å². The number of rotatable bonds is 5. The van der Waals surface area contributed by atoms with Gasteiger partial charge in [-0.2, -0.15) is 13.2 Å². The maximum Gasteiger partial charge on any atom is 0.433 e. The second-order valence-electron chi connectivity index (χ2n) is 6.19. The molecule has 34 heavy (non-hydrogen) atoms. The van der Waals surface area contributed by atoms with Crippen LogP contribution in [0.15, 0.2) is 48.9 Å². The second kappa shape index (κ2) is 9.76. The van der Waals surface area contributed by atoms with Crippen LogP contribution in [-0.4, -0.2) is 33.0 Å². The summed E-state index contributed by atoms with van der Waals surface area (Å²) in [4.78, 5) is 44.5. The van der Waals surface area contributed by atoms with Crippen molar-refractivity contribution in [3.05, 3.63) is 66.1 Å². The van der Waals surface area contributed by atoms with Gasteiger partial charge in [0, 0.05) is 24.4 Å². The summed E-state index contributed by atoms with van der Waals surface area (Å²) in [6, 6.07) is 5.15. The quantitative estimate of drug-likeness (QED) is 0.283. The van der Waals surface area contributed by atoms with Crippen LogP contribution in [0.4, 0.5) is 38.7 Å². The van der Waals surface area contributed by atoms with Crippen molar-refractivity contribution in [2.45, 2.75) is 6.18 Å². The summed E-state index contributed by atoms with van der Waals surface area (Å²) in [6.07, 6.45) is -4.28. The third-order valence-corrected chi connectivity index (χ3v) is 3.76. The van der Waals surface area contributed by atoms with Crippen molar-refractivity contribution < 1.29 is 41.4 Å². The van der Waals surface area contributed by atoms with Gasteiger partial charge in [0.1, 0.15) is 35.2 Å². The minimum atomic E-state index is -4.74. The number of primary amides is 1. The molecule has 0 atom stereocenters. The number of benzene rings is 1. The number of nitrogens with zero attached hydrogens (tertiary/aromatic N) is 3. The third kappa shape index (κ3) is 6.35. The zero-order chi connectivity index (χ0) is 24.9. The molecule has 0 bridgehead atoms. The molecule has 0 fully saturated rings. The van der Waals surface area contributed by atoms with Crippen molar-refractivity contribution in [1.82, 2.24) is 15.0 Å². The number of nitrogens with one attached hydrogen (secondary N) is 2. The Morgan fingerprint density at radius 2 is 1.68 bits per heavy atom. The van der Waals surface area contributed by atoms with Crippen LogP contribution in [0.1, 0.15) is 16.2 Å². The summed E-state index contributed by atoms with van der Waals surface area (Å²) < 4.78 is 62.0. The van der Waals surface area contributed by atoms with Gasteiger partial charge in [-0.3, -0.25) is 5.32 Å². The molecule has 11 nitrogen and oxygen atoms in total. The van der Waals surface area contributed by atoms with Gasteiger partial charge >= 0.3 is 24.3 Å².